The van der Waals surface area contributed by atoms with Crippen molar-refractivity contribution in [1.29, 1.82) is 0 Å². The van der Waals surface area contributed by atoms with Crippen LogP contribution in [0.2, 0.25) is 0 Å². The van der Waals surface area contributed by atoms with Crippen LogP contribution in [0.25, 0.3) is 0 Å². The van der Waals surface area contributed by atoms with Gasteiger partial charge in [0, 0.05) is 16.5 Å². The number of hydrogen-bond acceptors (Lipinski definition) is 3. The number of ether oxygens (including phenoxy) is 1. The molecule has 0 saturated heterocycles. The topological polar surface area (TPSA) is 55.4 Å². The van der Waals surface area contributed by atoms with Gasteiger partial charge in [0.2, 0.25) is 5.91 Å². The summed E-state index contributed by atoms with van der Waals surface area (Å²) in [6.45, 7) is 5.50. The van der Waals surface area contributed by atoms with Gasteiger partial charge in [-0.1, -0.05) is 50.8 Å². The minimum atomic E-state index is -0.537. The molecular weight excluding hydrogens is 314 g/mol. The van der Waals surface area contributed by atoms with Gasteiger partial charge in [0.15, 0.2) is 0 Å². The lowest BCUT2D eigenvalue weighted by atomic mass is 9.95. The Hall–Kier alpha value is -3.06. The van der Waals surface area contributed by atoms with Crippen LogP contribution in [0.4, 0.5) is 5.69 Å². The van der Waals surface area contributed by atoms with Crippen molar-refractivity contribution >= 4 is 17.6 Å². The molecular formula is C21H21NO3. The lowest BCUT2D eigenvalue weighted by Crippen LogP contribution is -2.28. The zero-order valence-corrected chi connectivity index (χ0v) is 14.8. The van der Waals surface area contributed by atoms with E-state index >= 15 is 0 Å². The zero-order chi connectivity index (χ0) is 18.4. The highest BCUT2D eigenvalue weighted by Crippen LogP contribution is 2.22. The average Bonchev–Trinajstić information content (AvgIpc) is 2.60. The number of hydrogen-bond donors (Lipinski definition) is 1. The molecule has 0 aliphatic heterocycles. The number of carbonyl (C=O) groups excluding carboxylic acids is 2. The summed E-state index contributed by atoms with van der Waals surface area (Å²) >= 11 is 0. The summed E-state index contributed by atoms with van der Waals surface area (Å²) in [5.74, 6) is 5.51. The molecule has 128 valence electrons. The molecule has 1 amide bonds. The Bertz CT molecular complexity index is 837. The van der Waals surface area contributed by atoms with E-state index in [4.69, 9.17) is 4.74 Å². The maximum absolute atomic E-state index is 12.3. The van der Waals surface area contributed by atoms with E-state index in [1.807, 2.05) is 51.1 Å². The Labute approximate surface area is 148 Å². The van der Waals surface area contributed by atoms with Gasteiger partial charge in [0.25, 0.3) is 0 Å². The summed E-state index contributed by atoms with van der Waals surface area (Å²) < 4.78 is 4.75. The molecule has 0 radical (unpaired) electrons. The molecule has 2 aromatic carbocycles. The molecule has 2 rings (SSSR count). The molecule has 0 heterocycles. The van der Waals surface area contributed by atoms with Crippen LogP contribution >= 0.6 is 0 Å². The zero-order valence-electron chi connectivity index (χ0n) is 14.8. The van der Waals surface area contributed by atoms with Crippen LogP contribution in [-0.2, 0) is 9.53 Å². The van der Waals surface area contributed by atoms with Gasteiger partial charge in [-0.05, 0) is 30.3 Å². The van der Waals surface area contributed by atoms with Crippen LogP contribution in [-0.4, -0.2) is 19.0 Å². The Kier molecular flexibility index (Phi) is 5.61. The van der Waals surface area contributed by atoms with Crippen molar-refractivity contribution in [3.8, 4) is 11.8 Å². The standard InChI is InChI=1S/C21H21NO3/c1-21(2,3)20(24)22-18-13-12-17(19(23)25-4)14-16(18)11-10-15-8-6-5-7-9-15/h5-9,12-14H,1-4H3,(H,22,24). The van der Waals surface area contributed by atoms with E-state index in [2.05, 4.69) is 17.2 Å². The van der Waals surface area contributed by atoms with Crippen molar-refractivity contribution in [1.82, 2.24) is 0 Å². The number of rotatable bonds is 2. The van der Waals surface area contributed by atoms with E-state index in [-0.39, 0.29) is 5.91 Å². The molecule has 0 fully saturated rings. The van der Waals surface area contributed by atoms with E-state index in [0.717, 1.165) is 5.56 Å². The lowest BCUT2D eigenvalue weighted by molar-refractivity contribution is -0.123. The van der Waals surface area contributed by atoms with E-state index in [9.17, 15) is 9.59 Å². The first-order chi connectivity index (χ1) is 11.8. The van der Waals surface area contributed by atoms with Gasteiger partial charge in [-0.25, -0.2) is 4.79 Å². The van der Waals surface area contributed by atoms with Crippen LogP contribution in [0, 0.1) is 17.3 Å². The highest BCUT2D eigenvalue weighted by atomic mass is 16.5. The van der Waals surface area contributed by atoms with E-state index < -0.39 is 11.4 Å². The minimum absolute atomic E-state index is 0.124. The smallest absolute Gasteiger partial charge is 0.337 e. The van der Waals surface area contributed by atoms with Gasteiger partial charge in [-0.3, -0.25) is 4.79 Å². The number of benzene rings is 2. The molecule has 0 spiro atoms. The first-order valence-corrected chi connectivity index (χ1v) is 7.92. The number of anilines is 1. The molecule has 0 saturated carbocycles. The monoisotopic (exact) mass is 335 g/mol. The molecule has 0 aliphatic carbocycles. The van der Waals surface area contributed by atoms with Crippen molar-refractivity contribution in [2.45, 2.75) is 20.8 Å². The molecule has 1 N–H and O–H groups in total. The number of esters is 1. The first-order valence-electron chi connectivity index (χ1n) is 7.92. The van der Waals surface area contributed by atoms with Gasteiger partial charge in [-0.2, -0.15) is 0 Å². The Balaban J connectivity index is 2.43. The Morgan fingerprint density at radius 1 is 1.00 bits per heavy atom. The first kappa shape index (κ1) is 18.3. The molecule has 25 heavy (non-hydrogen) atoms. The minimum Gasteiger partial charge on any atom is -0.465 e. The predicted molar refractivity (Wildman–Crippen MR) is 98.3 cm³/mol. The van der Waals surface area contributed by atoms with Gasteiger partial charge in [-0.15, -0.1) is 0 Å². The number of nitrogens with one attached hydrogen (secondary N) is 1. The van der Waals surface area contributed by atoms with Crippen LogP contribution < -0.4 is 5.32 Å². The second-order valence-electron chi connectivity index (χ2n) is 6.57. The fraction of sp³-hybridized carbons (Fsp3) is 0.238. The summed E-state index contributed by atoms with van der Waals surface area (Å²) in [5.41, 5.74) is 1.82. The van der Waals surface area contributed by atoms with Gasteiger partial charge in [0.05, 0.1) is 18.4 Å². The van der Waals surface area contributed by atoms with Crippen LogP contribution in [0.1, 0.15) is 42.3 Å². The quantitative estimate of drug-likeness (QED) is 0.670. The molecule has 0 bridgehead atoms. The van der Waals surface area contributed by atoms with Gasteiger partial charge < -0.3 is 10.1 Å². The highest BCUT2D eigenvalue weighted by Gasteiger charge is 2.22. The third-order valence-electron chi connectivity index (χ3n) is 3.49. The summed E-state index contributed by atoms with van der Waals surface area (Å²) in [5, 5.41) is 2.88. The van der Waals surface area contributed by atoms with Crippen molar-refractivity contribution < 1.29 is 14.3 Å². The summed E-state index contributed by atoms with van der Waals surface area (Å²) in [6, 6.07) is 14.4. The Morgan fingerprint density at radius 3 is 2.28 bits per heavy atom. The van der Waals surface area contributed by atoms with E-state index in [1.54, 1.807) is 18.2 Å². The molecule has 2 aromatic rings. The van der Waals surface area contributed by atoms with Crippen molar-refractivity contribution in [3.63, 3.8) is 0 Å². The molecule has 0 aromatic heterocycles. The average molecular weight is 335 g/mol. The third-order valence-corrected chi connectivity index (χ3v) is 3.49. The van der Waals surface area contributed by atoms with E-state index in [0.29, 0.717) is 16.8 Å². The van der Waals surface area contributed by atoms with Crippen molar-refractivity contribution in [2.75, 3.05) is 12.4 Å². The normalized spacial score (nSPS) is 10.4. The van der Waals surface area contributed by atoms with Gasteiger partial charge >= 0.3 is 5.97 Å². The van der Waals surface area contributed by atoms with Crippen molar-refractivity contribution in [2.24, 2.45) is 5.41 Å². The second-order valence-corrected chi connectivity index (χ2v) is 6.57. The second kappa shape index (κ2) is 7.67. The predicted octanol–water partition coefficient (Wildman–Crippen LogP) is 3.86. The molecule has 0 aliphatic rings. The maximum atomic E-state index is 12.3. The lowest BCUT2D eigenvalue weighted by Gasteiger charge is -2.18. The molecule has 4 heteroatoms. The SMILES string of the molecule is COC(=O)c1ccc(NC(=O)C(C)(C)C)c(C#Cc2ccccc2)c1. The summed E-state index contributed by atoms with van der Waals surface area (Å²) in [6.07, 6.45) is 0. The summed E-state index contributed by atoms with van der Waals surface area (Å²) in [7, 11) is 1.33. The molecule has 0 unspecified atom stereocenters. The third kappa shape index (κ3) is 4.95. The highest BCUT2D eigenvalue weighted by molar-refractivity contribution is 5.97. The fourth-order valence-electron chi connectivity index (χ4n) is 1.97. The number of methoxy groups -OCH3 is 1. The van der Waals surface area contributed by atoms with Gasteiger partial charge in [0.1, 0.15) is 0 Å². The summed E-state index contributed by atoms with van der Waals surface area (Å²) in [4.78, 5) is 24.1. The maximum Gasteiger partial charge on any atom is 0.337 e. The number of amides is 1. The van der Waals surface area contributed by atoms with Crippen LogP contribution in [0.15, 0.2) is 48.5 Å². The number of carbonyl (C=O) groups is 2. The largest absolute Gasteiger partial charge is 0.465 e. The Morgan fingerprint density at radius 2 is 1.68 bits per heavy atom. The van der Waals surface area contributed by atoms with E-state index in [1.165, 1.54) is 7.11 Å². The van der Waals surface area contributed by atoms with Crippen LogP contribution in [0.3, 0.4) is 0 Å². The van der Waals surface area contributed by atoms with Crippen molar-refractivity contribution in [3.05, 3.63) is 65.2 Å². The molecule has 0 atom stereocenters. The fourth-order valence-corrected chi connectivity index (χ4v) is 1.97. The van der Waals surface area contributed by atoms with Crippen LogP contribution in [0.5, 0.6) is 0 Å². The molecule has 4 nitrogen and oxygen atoms in total.